The van der Waals surface area contributed by atoms with Gasteiger partial charge in [-0.1, -0.05) is 0 Å². The summed E-state index contributed by atoms with van der Waals surface area (Å²) in [5.41, 5.74) is 1.37. The molecule has 0 aliphatic carbocycles. The van der Waals surface area contributed by atoms with Gasteiger partial charge < -0.3 is 19.5 Å². The molecule has 3 heterocycles. The van der Waals surface area contributed by atoms with Crippen LogP contribution in [0.5, 0.6) is 0 Å². The molecule has 2 aliphatic rings. The van der Waals surface area contributed by atoms with Gasteiger partial charge in [0.1, 0.15) is 6.61 Å². The maximum absolute atomic E-state index is 11.6. The van der Waals surface area contributed by atoms with Crippen LogP contribution < -0.4 is 0 Å². The van der Waals surface area contributed by atoms with Crippen LogP contribution in [-0.2, 0) is 25.6 Å². The van der Waals surface area contributed by atoms with Crippen LogP contribution in [0.4, 0.5) is 13.2 Å². The second-order valence-electron chi connectivity index (χ2n) is 7.63. The molecule has 2 aliphatic heterocycles. The Morgan fingerprint density at radius 1 is 1.37 bits per heavy atom. The molecule has 7 nitrogen and oxygen atoms in total. The number of piperidine rings is 1. The van der Waals surface area contributed by atoms with E-state index < -0.39 is 12.1 Å². The van der Waals surface area contributed by atoms with Crippen molar-refractivity contribution in [1.82, 2.24) is 9.80 Å². The van der Waals surface area contributed by atoms with Gasteiger partial charge in [-0.05, 0) is 35.2 Å². The first-order valence-electron chi connectivity index (χ1n) is 9.50. The first kappa shape index (κ1) is 24.6. The fourth-order valence-electron chi connectivity index (χ4n) is 3.34. The van der Waals surface area contributed by atoms with Crippen LogP contribution in [0.3, 0.4) is 0 Å². The maximum Gasteiger partial charge on any atom is 0.490 e. The molecule has 2 fully saturated rings. The van der Waals surface area contributed by atoms with E-state index in [1.165, 1.54) is 5.56 Å². The lowest BCUT2D eigenvalue weighted by atomic mass is 9.88. The summed E-state index contributed by atoms with van der Waals surface area (Å²) in [6.07, 6.45) is -2.00. The molecular formula is C19H27F3N2O5S. The Kier molecular flexibility index (Phi) is 8.65. The minimum atomic E-state index is -5.08. The topological polar surface area (TPSA) is 79.3 Å². The monoisotopic (exact) mass is 452 g/mol. The van der Waals surface area contributed by atoms with Crippen molar-refractivity contribution in [3.05, 3.63) is 22.4 Å². The van der Waals surface area contributed by atoms with Crippen molar-refractivity contribution >= 4 is 23.2 Å². The van der Waals surface area contributed by atoms with Crippen LogP contribution in [0, 0.1) is 0 Å². The molecule has 0 bridgehead atoms. The standard InChI is InChI=1S/C17H26N2O3S.C2HF3O2/c1-18(2)16(20)12-21-15-9-17(22-11-15)4-6-19(7-5-17)10-14-3-8-23-13-14;3-2(4,5)1(6)7/h3,8,13,15H,4-7,9-12H2,1-2H3;(H,6,7). The van der Waals surface area contributed by atoms with E-state index in [1.807, 2.05) is 0 Å². The smallest absolute Gasteiger partial charge is 0.475 e. The molecule has 1 unspecified atom stereocenters. The molecule has 1 aromatic rings. The molecule has 0 aromatic carbocycles. The predicted octanol–water partition coefficient (Wildman–Crippen LogP) is 2.61. The second kappa shape index (κ2) is 10.6. The predicted molar refractivity (Wildman–Crippen MR) is 104 cm³/mol. The highest BCUT2D eigenvalue weighted by atomic mass is 32.1. The van der Waals surface area contributed by atoms with Crippen molar-refractivity contribution in [3.63, 3.8) is 0 Å². The van der Waals surface area contributed by atoms with Gasteiger partial charge in [0.05, 0.1) is 18.3 Å². The number of carbonyl (C=O) groups is 2. The van der Waals surface area contributed by atoms with E-state index in [9.17, 15) is 18.0 Å². The lowest BCUT2D eigenvalue weighted by Crippen LogP contribution is -2.43. The SMILES string of the molecule is CN(C)C(=O)COC1COC2(CCN(Cc3ccsc3)CC2)C1.O=C(O)C(F)(F)F. The van der Waals surface area contributed by atoms with Gasteiger partial charge in [0.25, 0.3) is 0 Å². The number of alkyl halides is 3. The number of hydrogen-bond acceptors (Lipinski definition) is 6. The minimum absolute atomic E-state index is 0.0107. The zero-order valence-corrected chi connectivity index (χ0v) is 17.8. The largest absolute Gasteiger partial charge is 0.490 e. The molecule has 3 rings (SSSR count). The molecule has 1 N–H and O–H groups in total. The Bertz CT molecular complexity index is 689. The number of nitrogens with zero attached hydrogens (tertiary/aromatic N) is 2. The average molecular weight is 452 g/mol. The van der Waals surface area contributed by atoms with Gasteiger partial charge in [0.2, 0.25) is 5.91 Å². The molecule has 11 heteroatoms. The molecule has 0 radical (unpaired) electrons. The summed E-state index contributed by atoms with van der Waals surface area (Å²) >= 11 is 1.76. The fraction of sp³-hybridized carbons (Fsp3) is 0.684. The molecule has 0 saturated carbocycles. The summed E-state index contributed by atoms with van der Waals surface area (Å²) in [6, 6.07) is 2.20. The minimum Gasteiger partial charge on any atom is -0.475 e. The van der Waals surface area contributed by atoms with Gasteiger partial charge in [0, 0.05) is 40.2 Å². The maximum atomic E-state index is 11.6. The summed E-state index contributed by atoms with van der Waals surface area (Å²) in [6.45, 7) is 3.95. The summed E-state index contributed by atoms with van der Waals surface area (Å²) in [4.78, 5) is 24.6. The summed E-state index contributed by atoms with van der Waals surface area (Å²) in [5.74, 6) is -2.75. The number of hydrogen-bond donors (Lipinski definition) is 1. The number of likely N-dealkylation sites (N-methyl/N-ethyl adjacent to an activating group) is 1. The Morgan fingerprint density at radius 3 is 2.50 bits per heavy atom. The van der Waals surface area contributed by atoms with Crippen molar-refractivity contribution < 1.29 is 37.3 Å². The number of thiophene rings is 1. The van der Waals surface area contributed by atoms with Crippen molar-refractivity contribution in [2.24, 2.45) is 0 Å². The number of ether oxygens (including phenoxy) is 2. The van der Waals surface area contributed by atoms with E-state index in [-0.39, 0.29) is 24.2 Å². The lowest BCUT2D eigenvalue weighted by Gasteiger charge is -2.38. The van der Waals surface area contributed by atoms with Crippen molar-refractivity contribution in [3.8, 4) is 0 Å². The third-order valence-electron chi connectivity index (χ3n) is 5.11. The van der Waals surface area contributed by atoms with E-state index in [4.69, 9.17) is 19.4 Å². The number of rotatable bonds is 5. The zero-order valence-electron chi connectivity index (χ0n) is 17.0. The number of halogens is 3. The van der Waals surface area contributed by atoms with E-state index >= 15 is 0 Å². The number of aliphatic carboxylic acids is 1. The quantitative estimate of drug-likeness (QED) is 0.740. The molecule has 1 amide bonds. The molecule has 1 aromatic heterocycles. The van der Waals surface area contributed by atoms with Gasteiger partial charge >= 0.3 is 12.1 Å². The molecule has 1 atom stereocenters. The normalized spacial score (nSPS) is 21.2. The summed E-state index contributed by atoms with van der Waals surface area (Å²) < 4.78 is 43.6. The van der Waals surface area contributed by atoms with E-state index in [1.54, 1.807) is 30.3 Å². The zero-order chi connectivity index (χ0) is 22.4. The van der Waals surface area contributed by atoms with Crippen molar-refractivity contribution in [2.75, 3.05) is 40.4 Å². The number of carboxylic acid groups (broad SMARTS) is 1. The average Bonchev–Trinajstić information content (AvgIpc) is 3.32. The summed E-state index contributed by atoms with van der Waals surface area (Å²) in [7, 11) is 3.50. The van der Waals surface area contributed by atoms with Gasteiger partial charge in [-0.3, -0.25) is 9.69 Å². The fourth-order valence-corrected chi connectivity index (χ4v) is 4.00. The molecular weight excluding hydrogens is 425 g/mol. The Balaban J connectivity index is 0.000000396. The third-order valence-corrected chi connectivity index (χ3v) is 5.84. The van der Waals surface area contributed by atoms with E-state index in [0.717, 1.165) is 38.9 Å². The van der Waals surface area contributed by atoms with Crippen LogP contribution in [0.15, 0.2) is 16.8 Å². The van der Waals surface area contributed by atoms with Crippen molar-refractivity contribution in [2.45, 2.75) is 43.7 Å². The molecule has 30 heavy (non-hydrogen) atoms. The van der Waals surface area contributed by atoms with Gasteiger partial charge in [-0.2, -0.15) is 24.5 Å². The van der Waals surface area contributed by atoms with Crippen LogP contribution in [-0.4, -0.2) is 85.1 Å². The van der Waals surface area contributed by atoms with Crippen LogP contribution >= 0.6 is 11.3 Å². The number of likely N-dealkylation sites (tertiary alicyclic amines) is 1. The third kappa shape index (κ3) is 7.53. The Hall–Kier alpha value is -1.69. The van der Waals surface area contributed by atoms with Crippen LogP contribution in [0.1, 0.15) is 24.8 Å². The molecule has 170 valence electrons. The van der Waals surface area contributed by atoms with Crippen molar-refractivity contribution in [1.29, 1.82) is 0 Å². The van der Waals surface area contributed by atoms with E-state index in [0.29, 0.717) is 6.61 Å². The number of amides is 1. The van der Waals surface area contributed by atoms with E-state index in [2.05, 4.69) is 21.7 Å². The number of carboxylic acids is 1. The summed E-state index contributed by atoms with van der Waals surface area (Å²) in [5, 5.41) is 11.5. The second-order valence-corrected chi connectivity index (χ2v) is 8.41. The Morgan fingerprint density at radius 2 is 2.00 bits per heavy atom. The van der Waals surface area contributed by atoms with Crippen LogP contribution in [0.2, 0.25) is 0 Å². The molecule has 1 spiro atoms. The first-order valence-corrected chi connectivity index (χ1v) is 10.4. The molecule has 2 saturated heterocycles. The van der Waals surface area contributed by atoms with Gasteiger partial charge in [-0.15, -0.1) is 0 Å². The first-order chi connectivity index (χ1) is 14.0. The Labute approximate surface area is 177 Å². The van der Waals surface area contributed by atoms with Gasteiger partial charge in [0.15, 0.2) is 0 Å². The highest BCUT2D eigenvalue weighted by Crippen LogP contribution is 2.37. The lowest BCUT2D eigenvalue weighted by molar-refractivity contribution is -0.192. The highest BCUT2D eigenvalue weighted by molar-refractivity contribution is 7.07. The number of carbonyl (C=O) groups excluding carboxylic acids is 1. The van der Waals surface area contributed by atoms with Crippen LogP contribution in [0.25, 0.3) is 0 Å². The van der Waals surface area contributed by atoms with Gasteiger partial charge in [-0.25, -0.2) is 4.79 Å². The highest BCUT2D eigenvalue weighted by Gasteiger charge is 2.43.